The van der Waals surface area contributed by atoms with Crippen LogP contribution < -0.4 is 9.62 Å². The summed E-state index contributed by atoms with van der Waals surface area (Å²) >= 11 is 0. The Morgan fingerprint density at radius 3 is 1.80 bits per heavy atom. The molecule has 0 atom stereocenters. The lowest BCUT2D eigenvalue weighted by atomic mass is 10.2. The molecule has 0 amide bonds. The van der Waals surface area contributed by atoms with Crippen LogP contribution in [-0.2, 0) is 20.0 Å². The molecule has 1 N–H and O–H groups in total. The number of hydrogen-bond donors (Lipinski definition) is 1. The summed E-state index contributed by atoms with van der Waals surface area (Å²) in [4.78, 5) is 1.87. The fraction of sp³-hybridized carbons (Fsp3) is 0.143. The summed E-state index contributed by atoms with van der Waals surface area (Å²) in [5.41, 5.74) is 2.00. The molecule has 30 heavy (non-hydrogen) atoms. The van der Waals surface area contributed by atoms with E-state index in [9.17, 15) is 16.8 Å². The van der Waals surface area contributed by atoms with E-state index in [2.05, 4.69) is 4.72 Å². The van der Waals surface area contributed by atoms with Crippen LogP contribution in [0.25, 0.3) is 0 Å². The molecule has 9 heteroatoms. The molecule has 3 aromatic rings. The van der Waals surface area contributed by atoms with Gasteiger partial charge in [-0.05, 0) is 48.5 Å². The first-order valence-electron chi connectivity index (χ1n) is 9.06. The van der Waals surface area contributed by atoms with Crippen LogP contribution in [-0.4, -0.2) is 42.3 Å². The predicted molar refractivity (Wildman–Crippen MR) is 119 cm³/mol. The molecule has 0 saturated heterocycles. The van der Waals surface area contributed by atoms with Gasteiger partial charge in [-0.25, -0.2) is 21.1 Å². The summed E-state index contributed by atoms with van der Waals surface area (Å²) in [6.45, 7) is 0. The monoisotopic (exact) mass is 445 g/mol. The van der Waals surface area contributed by atoms with Gasteiger partial charge in [0.1, 0.15) is 0 Å². The maximum Gasteiger partial charge on any atom is 0.261 e. The minimum atomic E-state index is -3.92. The zero-order valence-corrected chi connectivity index (χ0v) is 18.5. The van der Waals surface area contributed by atoms with Crippen molar-refractivity contribution < 1.29 is 16.8 Å². The summed E-state index contributed by atoms with van der Waals surface area (Å²) < 4.78 is 53.9. The van der Waals surface area contributed by atoms with E-state index in [4.69, 9.17) is 0 Å². The molecule has 158 valence electrons. The van der Waals surface area contributed by atoms with E-state index in [-0.39, 0.29) is 9.79 Å². The van der Waals surface area contributed by atoms with Crippen molar-refractivity contribution in [2.24, 2.45) is 0 Å². The number of nitrogens with zero attached hydrogens (tertiary/aromatic N) is 2. The number of nitrogens with one attached hydrogen (secondary N) is 1. The summed E-state index contributed by atoms with van der Waals surface area (Å²) in [6, 6.07) is 21.8. The van der Waals surface area contributed by atoms with Gasteiger partial charge in [-0.2, -0.15) is 0 Å². The maximum atomic E-state index is 12.9. The minimum Gasteiger partial charge on any atom is -0.343 e. The van der Waals surface area contributed by atoms with Crippen LogP contribution in [0.2, 0.25) is 0 Å². The molecule has 0 radical (unpaired) electrons. The highest BCUT2D eigenvalue weighted by Crippen LogP contribution is 2.32. The van der Waals surface area contributed by atoms with Crippen molar-refractivity contribution in [1.29, 1.82) is 0 Å². The molecule has 0 heterocycles. The fourth-order valence-electron chi connectivity index (χ4n) is 2.85. The van der Waals surface area contributed by atoms with Crippen LogP contribution in [0.3, 0.4) is 0 Å². The standard InChI is InChI=1S/C21H23N3O4S2/c1-23(2)30(27,28)19-15-13-18(14-16-19)29(25,26)22-20-11-7-8-12-21(20)24(3)17-9-5-4-6-10-17/h4-16,22H,1-3H3. The van der Waals surface area contributed by atoms with Gasteiger partial charge in [0.05, 0.1) is 21.2 Å². The predicted octanol–water partition coefficient (Wildman–Crippen LogP) is 3.51. The Labute approximate surface area is 177 Å². The highest BCUT2D eigenvalue weighted by atomic mass is 32.2. The smallest absolute Gasteiger partial charge is 0.261 e. The number of hydrogen-bond acceptors (Lipinski definition) is 5. The van der Waals surface area contributed by atoms with Gasteiger partial charge < -0.3 is 4.90 Å². The van der Waals surface area contributed by atoms with Crippen LogP contribution in [0, 0.1) is 0 Å². The van der Waals surface area contributed by atoms with E-state index >= 15 is 0 Å². The SMILES string of the molecule is CN(c1ccccc1)c1ccccc1NS(=O)(=O)c1ccc(S(=O)(=O)N(C)C)cc1. The maximum absolute atomic E-state index is 12.9. The van der Waals surface area contributed by atoms with Crippen LogP contribution in [0.5, 0.6) is 0 Å². The van der Waals surface area contributed by atoms with E-state index in [1.807, 2.05) is 54.4 Å². The molecule has 0 spiro atoms. The zero-order valence-electron chi connectivity index (χ0n) is 16.8. The molecule has 0 fully saturated rings. The Balaban J connectivity index is 1.92. The average molecular weight is 446 g/mol. The van der Waals surface area contributed by atoms with E-state index < -0.39 is 20.0 Å². The van der Waals surface area contributed by atoms with Crippen molar-refractivity contribution in [2.75, 3.05) is 30.8 Å². The van der Waals surface area contributed by atoms with Gasteiger partial charge in [-0.15, -0.1) is 0 Å². The van der Waals surface area contributed by atoms with Gasteiger partial charge in [0.25, 0.3) is 10.0 Å². The van der Waals surface area contributed by atoms with Crippen LogP contribution in [0.4, 0.5) is 17.1 Å². The second-order valence-electron chi connectivity index (χ2n) is 6.78. The molecule has 0 aliphatic rings. The molecule has 3 rings (SSSR count). The number of anilines is 3. The van der Waals surface area contributed by atoms with Gasteiger partial charge in [-0.1, -0.05) is 30.3 Å². The van der Waals surface area contributed by atoms with E-state index in [1.165, 1.54) is 38.4 Å². The summed E-state index contributed by atoms with van der Waals surface area (Å²) in [5.74, 6) is 0. The molecule has 0 unspecified atom stereocenters. The molecule has 7 nitrogen and oxygen atoms in total. The van der Waals surface area contributed by atoms with E-state index in [0.29, 0.717) is 11.4 Å². The zero-order chi connectivity index (χ0) is 21.9. The number of para-hydroxylation sites is 3. The highest BCUT2D eigenvalue weighted by Gasteiger charge is 2.21. The summed E-state index contributed by atoms with van der Waals surface area (Å²) in [6.07, 6.45) is 0. The first-order valence-corrected chi connectivity index (χ1v) is 12.0. The summed E-state index contributed by atoms with van der Waals surface area (Å²) in [5, 5.41) is 0. The molecular weight excluding hydrogens is 422 g/mol. The van der Waals surface area contributed by atoms with E-state index in [1.54, 1.807) is 12.1 Å². The van der Waals surface area contributed by atoms with Crippen molar-refractivity contribution in [1.82, 2.24) is 4.31 Å². The first-order chi connectivity index (χ1) is 14.1. The molecule has 0 bridgehead atoms. The third kappa shape index (κ3) is 4.48. The lowest BCUT2D eigenvalue weighted by Gasteiger charge is -2.23. The normalized spacial score (nSPS) is 12.0. The van der Waals surface area contributed by atoms with Crippen LogP contribution >= 0.6 is 0 Å². The quantitative estimate of drug-likeness (QED) is 0.601. The third-order valence-corrected chi connectivity index (χ3v) is 7.78. The average Bonchev–Trinajstić information content (AvgIpc) is 2.74. The molecular formula is C21H23N3O4S2. The van der Waals surface area contributed by atoms with Gasteiger partial charge in [0, 0.05) is 26.8 Å². The van der Waals surface area contributed by atoms with Gasteiger partial charge >= 0.3 is 0 Å². The highest BCUT2D eigenvalue weighted by molar-refractivity contribution is 7.92. The van der Waals surface area contributed by atoms with E-state index in [0.717, 1.165) is 9.99 Å². The fourth-order valence-corrected chi connectivity index (χ4v) is 4.82. The molecule has 0 saturated carbocycles. The molecule has 3 aromatic carbocycles. The molecule has 0 aliphatic heterocycles. The molecule has 0 aliphatic carbocycles. The largest absolute Gasteiger partial charge is 0.343 e. The van der Waals surface area contributed by atoms with Gasteiger partial charge in [0.2, 0.25) is 10.0 Å². The lowest BCUT2D eigenvalue weighted by Crippen LogP contribution is -2.22. The Hall–Kier alpha value is -2.88. The third-order valence-electron chi connectivity index (χ3n) is 4.57. The Morgan fingerprint density at radius 2 is 1.20 bits per heavy atom. The van der Waals surface area contributed by atoms with Crippen LogP contribution in [0.15, 0.2) is 88.7 Å². The van der Waals surface area contributed by atoms with Gasteiger partial charge in [0.15, 0.2) is 0 Å². The summed E-state index contributed by atoms with van der Waals surface area (Å²) in [7, 11) is -2.87. The Bertz CT molecular complexity index is 1220. The number of benzene rings is 3. The lowest BCUT2D eigenvalue weighted by molar-refractivity contribution is 0.520. The Kier molecular flexibility index (Phi) is 6.16. The molecule has 0 aromatic heterocycles. The first kappa shape index (κ1) is 21.8. The Morgan fingerprint density at radius 1 is 0.667 bits per heavy atom. The second-order valence-corrected chi connectivity index (χ2v) is 10.6. The van der Waals surface area contributed by atoms with Crippen molar-refractivity contribution in [3.63, 3.8) is 0 Å². The second kappa shape index (κ2) is 8.47. The van der Waals surface area contributed by atoms with Crippen molar-refractivity contribution in [2.45, 2.75) is 9.79 Å². The minimum absolute atomic E-state index is 0.0238. The number of rotatable bonds is 7. The van der Waals surface area contributed by atoms with Crippen molar-refractivity contribution >= 4 is 37.1 Å². The van der Waals surface area contributed by atoms with Crippen molar-refractivity contribution in [3.8, 4) is 0 Å². The van der Waals surface area contributed by atoms with Crippen LogP contribution in [0.1, 0.15) is 0 Å². The van der Waals surface area contributed by atoms with Gasteiger partial charge in [-0.3, -0.25) is 4.72 Å². The number of sulfonamides is 2. The van der Waals surface area contributed by atoms with Crippen molar-refractivity contribution in [3.05, 3.63) is 78.9 Å². The topological polar surface area (TPSA) is 86.8 Å².